The highest BCUT2D eigenvalue weighted by molar-refractivity contribution is 6.63. The topological polar surface area (TPSA) is 17.1 Å². The van der Waals surface area contributed by atoms with Gasteiger partial charge in [0.05, 0.1) is 0 Å². The van der Waals surface area contributed by atoms with Crippen LogP contribution < -0.4 is 0 Å². The molecule has 1 aromatic rings. The fourth-order valence-corrected chi connectivity index (χ4v) is 4.73. The van der Waals surface area contributed by atoms with Crippen LogP contribution in [0.2, 0.25) is 0 Å². The van der Waals surface area contributed by atoms with Crippen molar-refractivity contribution in [2.45, 2.75) is 57.3 Å². The van der Waals surface area contributed by atoms with Crippen LogP contribution in [0.25, 0.3) is 0 Å². The van der Waals surface area contributed by atoms with Gasteiger partial charge < -0.3 is 0 Å². The highest BCUT2D eigenvalue weighted by atomic mass is 35.5. The van der Waals surface area contributed by atoms with E-state index in [1.54, 1.807) is 6.07 Å². The maximum absolute atomic E-state index is 13.4. The van der Waals surface area contributed by atoms with Crippen LogP contribution >= 0.6 is 11.6 Å². The third-order valence-electron chi connectivity index (χ3n) is 5.95. The number of rotatable bonds is 3. The zero-order chi connectivity index (χ0) is 16.4. The zero-order valence-electron chi connectivity index (χ0n) is 13.2. The van der Waals surface area contributed by atoms with E-state index in [9.17, 15) is 13.6 Å². The average Bonchev–Trinajstić information content (AvgIpc) is 2.57. The minimum atomic E-state index is -0.770. The van der Waals surface area contributed by atoms with E-state index in [2.05, 4.69) is 0 Å². The molecule has 0 heterocycles. The Bertz CT molecular complexity index is 558. The van der Waals surface area contributed by atoms with Crippen LogP contribution in [0.1, 0.15) is 62.8 Å². The predicted molar refractivity (Wildman–Crippen MR) is 87.4 cm³/mol. The first-order valence-corrected chi connectivity index (χ1v) is 9.06. The largest absolute Gasteiger partial charge is 0.281 e. The lowest BCUT2D eigenvalue weighted by Gasteiger charge is -2.37. The molecule has 0 N–H and O–H groups in total. The molecular formula is C19H23ClF2O. The van der Waals surface area contributed by atoms with E-state index in [0.717, 1.165) is 56.9 Å². The molecule has 2 saturated carbocycles. The zero-order valence-corrected chi connectivity index (χ0v) is 14.0. The molecule has 0 saturated heterocycles. The second kappa shape index (κ2) is 7.29. The smallest absolute Gasteiger partial charge is 0.224 e. The molecule has 0 spiro atoms. The van der Waals surface area contributed by atoms with Gasteiger partial charge in [0.1, 0.15) is 0 Å². The van der Waals surface area contributed by atoms with Gasteiger partial charge in [-0.25, -0.2) is 8.78 Å². The Morgan fingerprint density at radius 3 is 1.96 bits per heavy atom. The monoisotopic (exact) mass is 340 g/mol. The van der Waals surface area contributed by atoms with E-state index in [1.807, 2.05) is 0 Å². The molecule has 0 atom stereocenters. The van der Waals surface area contributed by atoms with Crippen LogP contribution in [0.5, 0.6) is 0 Å². The summed E-state index contributed by atoms with van der Waals surface area (Å²) in [4.78, 5) is 11.2. The fraction of sp³-hybridized carbons (Fsp3) is 0.632. The van der Waals surface area contributed by atoms with Gasteiger partial charge in [-0.3, -0.25) is 4.79 Å². The van der Waals surface area contributed by atoms with Crippen molar-refractivity contribution < 1.29 is 13.6 Å². The summed E-state index contributed by atoms with van der Waals surface area (Å²) in [5.74, 6) is 0.311. The molecular weight excluding hydrogens is 318 g/mol. The first-order valence-electron chi connectivity index (χ1n) is 8.69. The van der Waals surface area contributed by atoms with Crippen LogP contribution in [0.15, 0.2) is 18.2 Å². The highest BCUT2D eigenvalue weighted by Crippen LogP contribution is 2.44. The number of carbonyl (C=O) groups is 1. The number of halogens is 3. The Kier molecular flexibility index (Phi) is 5.35. The summed E-state index contributed by atoms with van der Waals surface area (Å²) in [6.07, 6.45) is 8.44. The fourth-order valence-electron chi connectivity index (χ4n) is 4.51. The van der Waals surface area contributed by atoms with Crippen LogP contribution in [-0.4, -0.2) is 5.24 Å². The number of hydrogen-bond donors (Lipinski definition) is 0. The van der Waals surface area contributed by atoms with Gasteiger partial charge in [-0.1, -0.05) is 6.07 Å². The summed E-state index contributed by atoms with van der Waals surface area (Å²) < 4.78 is 26.4. The molecule has 3 rings (SSSR count). The first kappa shape index (κ1) is 16.9. The Morgan fingerprint density at radius 2 is 1.43 bits per heavy atom. The van der Waals surface area contributed by atoms with Crippen molar-refractivity contribution in [2.24, 2.45) is 17.8 Å². The highest BCUT2D eigenvalue weighted by Gasteiger charge is 2.32. The summed E-state index contributed by atoms with van der Waals surface area (Å²) in [5, 5.41) is -0.175. The lowest BCUT2D eigenvalue weighted by Crippen LogP contribution is -2.27. The molecule has 2 fully saturated rings. The lowest BCUT2D eigenvalue weighted by molar-refractivity contribution is -0.116. The van der Waals surface area contributed by atoms with Crippen molar-refractivity contribution in [3.05, 3.63) is 35.4 Å². The van der Waals surface area contributed by atoms with Gasteiger partial charge in [0.15, 0.2) is 11.6 Å². The number of benzene rings is 1. The molecule has 126 valence electrons. The summed E-state index contributed by atoms with van der Waals surface area (Å²) in [7, 11) is 0. The summed E-state index contributed by atoms with van der Waals surface area (Å²) in [6, 6.07) is 4.32. The minimum Gasteiger partial charge on any atom is -0.281 e. The summed E-state index contributed by atoms with van der Waals surface area (Å²) >= 11 is 5.60. The molecule has 0 aromatic heterocycles. The van der Waals surface area contributed by atoms with E-state index in [4.69, 9.17) is 11.6 Å². The molecule has 0 radical (unpaired) electrons. The van der Waals surface area contributed by atoms with E-state index in [-0.39, 0.29) is 11.2 Å². The Balaban J connectivity index is 1.52. The van der Waals surface area contributed by atoms with Crippen molar-refractivity contribution in [2.75, 3.05) is 0 Å². The third kappa shape index (κ3) is 3.93. The molecule has 1 aromatic carbocycles. The van der Waals surface area contributed by atoms with E-state index in [1.165, 1.54) is 12.1 Å². The van der Waals surface area contributed by atoms with E-state index in [0.29, 0.717) is 17.8 Å². The SMILES string of the molecule is O=C(Cl)C1CCC(C2CCC(c3ccc(F)c(F)c3)CC2)CC1. The Hall–Kier alpha value is -0.960. The normalized spacial score (nSPS) is 31.8. The van der Waals surface area contributed by atoms with Crippen molar-refractivity contribution >= 4 is 16.8 Å². The average molecular weight is 341 g/mol. The summed E-state index contributed by atoms with van der Waals surface area (Å²) in [5.41, 5.74) is 0.929. The number of carbonyl (C=O) groups excluding carboxylic acids is 1. The first-order chi connectivity index (χ1) is 11.0. The van der Waals surface area contributed by atoms with Gasteiger partial charge >= 0.3 is 0 Å². The van der Waals surface area contributed by atoms with Crippen molar-refractivity contribution in [1.29, 1.82) is 0 Å². The molecule has 0 aliphatic heterocycles. The standard InChI is InChI=1S/C19H23ClF2O/c20-19(23)15-7-5-13(6-8-15)12-1-3-14(4-2-12)16-9-10-17(21)18(22)11-16/h9-15H,1-8H2. The Labute approximate surface area is 141 Å². The third-order valence-corrected chi connectivity index (χ3v) is 6.25. The van der Waals surface area contributed by atoms with Gasteiger partial charge in [0.25, 0.3) is 0 Å². The van der Waals surface area contributed by atoms with Gasteiger partial charge in [-0.05, 0) is 98.4 Å². The van der Waals surface area contributed by atoms with Crippen LogP contribution in [0.3, 0.4) is 0 Å². The Morgan fingerprint density at radius 1 is 0.870 bits per heavy atom. The summed E-state index contributed by atoms with van der Waals surface area (Å²) in [6.45, 7) is 0. The number of hydrogen-bond acceptors (Lipinski definition) is 1. The second-order valence-corrected chi connectivity index (χ2v) is 7.57. The molecule has 4 heteroatoms. The predicted octanol–water partition coefficient (Wildman–Crippen LogP) is 5.81. The molecule has 2 aliphatic carbocycles. The molecule has 1 nitrogen and oxygen atoms in total. The lowest BCUT2D eigenvalue weighted by atomic mass is 9.68. The molecule has 0 amide bonds. The van der Waals surface area contributed by atoms with Gasteiger partial charge in [-0.15, -0.1) is 0 Å². The van der Waals surface area contributed by atoms with Crippen molar-refractivity contribution in [3.63, 3.8) is 0 Å². The second-order valence-electron chi connectivity index (χ2n) is 7.20. The quantitative estimate of drug-likeness (QED) is 0.634. The van der Waals surface area contributed by atoms with E-state index < -0.39 is 11.6 Å². The molecule has 2 aliphatic rings. The molecule has 0 bridgehead atoms. The van der Waals surface area contributed by atoms with Gasteiger partial charge in [-0.2, -0.15) is 0 Å². The van der Waals surface area contributed by atoms with Crippen LogP contribution in [0.4, 0.5) is 8.78 Å². The molecule has 23 heavy (non-hydrogen) atoms. The van der Waals surface area contributed by atoms with Gasteiger partial charge in [0.2, 0.25) is 5.24 Å². The van der Waals surface area contributed by atoms with E-state index >= 15 is 0 Å². The molecule has 0 unspecified atom stereocenters. The minimum absolute atomic E-state index is 0.0615. The van der Waals surface area contributed by atoms with Crippen LogP contribution in [0, 0.1) is 29.4 Å². The van der Waals surface area contributed by atoms with Crippen molar-refractivity contribution in [1.82, 2.24) is 0 Å². The van der Waals surface area contributed by atoms with Crippen LogP contribution in [-0.2, 0) is 4.79 Å². The van der Waals surface area contributed by atoms with Gasteiger partial charge in [0, 0.05) is 5.92 Å². The maximum Gasteiger partial charge on any atom is 0.224 e. The maximum atomic E-state index is 13.4. The van der Waals surface area contributed by atoms with Crippen molar-refractivity contribution in [3.8, 4) is 0 Å².